The lowest BCUT2D eigenvalue weighted by Gasteiger charge is -2.32. The summed E-state index contributed by atoms with van der Waals surface area (Å²) in [5.74, 6) is 1.19. The van der Waals surface area contributed by atoms with Crippen molar-refractivity contribution in [2.45, 2.75) is 83.7 Å². The van der Waals surface area contributed by atoms with Gasteiger partial charge >= 0.3 is 5.97 Å². The Labute approximate surface area is 146 Å². The van der Waals surface area contributed by atoms with E-state index >= 15 is 0 Å². The van der Waals surface area contributed by atoms with Gasteiger partial charge in [-0.15, -0.1) is 0 Å². The van der Waals surface area contributed by atoms with Crippen LogP contribution in [0.25, 0.3) is 0 Å². The first kappa shape index (κ1) is 18.8. The van der Waals surface area contributed by atoms with Crippen LogP contribution in [0.15, 0.2) is 24.3 Å². The van der Waals surface area contributed by atoms with E-state index in [1.54, 1.807) is 0 Å². The van der Waals surface area contributed by atoms with E-state index in [0.29, 0.717) is 6.42 Å². The van der Waals surface area contributed by atoms with Gasteiger partial charge in [0.1, 0.15) is 11.9 Å². The summed E-state index contributed by atoms with van der Waals surface area (Å²) in [6.07, 6.45) is 9.06. The average molecular weight is 332 g/mol. The quantitative estimate of drug-likeness (QED) is 0.434. The predicted molar refractivity (Wildman–Crippen MR) is 97.5 cm³/mol. The number of hydrogen-bond donors (Lipinski definition) is 0. The number of esters is 1. The molecule has 0 bridgehead atoms. The molecule has 1 aromatic carbocycles. The third-order valence-electron chi connectivity index (χ3n) is 4.75. The van der Waals surface area contributed by atoms with Crippen molar-refractivity contribution in [2.24, 2.45) is 0 Å². The Morgan fingerprint density at radius 1 is 1.08 bits per heavy atom. The number of unbranched alkanes of at least 4 members (excludes halogenated alkanes) is 2. The molecule has 0 aromatic heterocycles. The molecule has 1 aliphatic rings. The van der Waals surface area contributed by atoms with Crippen molar-refractivity contribution < 1.29 is 14.3 Å². The summed E-state index contributed by atoms with van der Waals surface area (Å²) in [7, 11) is 0. The largest absolute Gasteiger partial charge is 0.493 e. The highest BCUT2D eigenvalue weighted by atomic mass is 16.5. The topological polar surface area (TPSA) is 35.5 Å². The molecule has 0 unspecified atom stereocenters. The Morgan fingerprint density at radius 3 is 2.67 bits per heavy atom. The highest BCUT2D eigenvalue weighted by molar-refractivity contribution is 5.69. The molecule has 3 nitrogen and oxygen atoms in total. The molecule has 1 fully saturated rings. The number of para-hydroxylation sites is 1. The second-order valence-corrected chi connectivity index (χ2v) is 6.76. The normalized spacial score (nSPS) is 20.6. The molecule has 2 atom stereocenters. The minimum atomic E-state index is -0.0349. The Kier molecular flexibility index (Phi) is 8.14. The molecule has 0 N–H and O–H groups in total. The van der Waals surface area contributed by atoms with E-state index in [0.717, 1.165) is 57.3 Å². The molecule has 2 rings (SSSR count). The fourth-order valence-electron chi connectivity index (χ4n) is 3.47. The number of rotatable bonds is 9. The van der Waals surface area contributed by atoms with Crippen molar-refractivity contribution in [3.8, 4) is 5.75 Å². The van der Waals surface area contributed by atoms with Gasteiger partial charge in [-0.1, -0.05) is 51.3 Å². The summed E-state index contributed by atoms with van der Waals surface area (Å²) < 4.78 is 11.8. The van der Waals surface area contributed by atoms with Crippen LogP contribution < -0.4 is 4.74 Å². The van der Waals surface area contributed by atoms with Crippen LogP contribution in [0.5, 0.6) is 5.75 Å². The van der Waals surface area contributed by atoms with Crippen LogP contribution in [0, 0.1) is 0 Å². The van der Waals surface area contributed by atoms with Gasteiger partial charge in [0.15, 0.2) is 0 Å². The third kappa shape index (κ3) is 5.54. The number of ether oxygens (including phenoxy) is 2. The Balaban J connectivity index is 2.04. The lowest BCUT2D eigenvalue weighted by Crippen LogP contribution is -2.29. The van der Waals surface area contributed by atoms with Crippen LogP contribution in [-0.2, 0) is 9.53 Å². The van der Waals surface area contributed by atoms with Gasteiger partial charge in [-0.25, -0.2) is 0 Å². The summed E-state index contributed by atoms with van der Waals surface area (Å²) in [6.45, 7) is 4.99. The molecular weight excluding hydrogens is 300 g/mol. The van der Waals surface area contributed by atoms with Crippen molar-refractivity contribution in [1.29, 1.82) is 0 Å². The highest BCUT2D eigenvalue weighted by Crippen LogP contribution is 2.39. The molecule has 1 saturated carbocycles. The lowest BCUT2D eigenvalue weighted by atomic mass is 9.81. The van der Waals surface area contributed by atoms with Crippen molar-refractivity contribution in [1.82, 2.24) is 0 Å². The smallest absolute Gasteiger partial charge is 0.306 e. The third-order valence-corrected chi connectivity index (χ3v) is 4.75. The van der Waals surface area contributed by atoms with E-state index < -0.39 is 0 Å². The molecule has 0 heterocycles. The SMILES string of the molecule is CCCCCC(=O)O[C@H]1CCCC[C@@H]1c1ccccc1OCCC. The number of hydrogen-bond acceptors (Lipinski definition) is 3. The maximum atomic E-state index is 12.2. The molecule has 1 aromatic rings. The average Bonchev–Trinajstić information content (AvgIpc) is 2.61. The van der Waals surface area contributed by atoms with E-state index in [2.05, 4.69) is 26.0 Å². The zero-order valence-corrected chi connectivity index (χ0v) is 15.3. The molecule has 3 heteroatoms. The van der Waals surface area contributed by atoms with Gasteiger partial charge in [0.05, 0.1) is 6.61 Å². The van der Waals surface area contributed by atoms with E-state index in [-0.39, 0.29) is 18.0 Å². The summed E-state index contributed by atoms with van der Waals surface area (Å²) in [5, 5.41) is 0. The van der Waals surface area contributed by atoms with Gasteiger partial charge in [0.25, 0.3) is 0 Å². The molecular formula is C21H32O3. The van der Waals surface area contributed by atoms with Crippen LogP contribution in [0.4, 0.5) is 0 Å². The van der Waals surface area contributed by atoms with Gasteiger partial charge in [0.2, 0.25) is 0 Å². The minimum Gasteiger partial charge on any atom is -0.493 e. The molecule has 134 valence electrons. The molecule has 0 amide bonds. The van der Waals surface area contributed by atoms with Gasteiger partial charge in [-0.05, 0) is 38.2 Å². The van der Waals surface area contributed by atoms with Crippen molar-refractivity contribution in [3.63, 3.8) is 0 Å². The molecule has 0 spiro atoms. The predicted octanol–water partition coefficient (Wildman–Crippen LogP) is 5.63. The fraction of sp³-hybridized carbons (Fsp3) is 0.667. The van der Waals surface area contributed by atoms with E-state index in [4.69, 9.17) is 9.47 Å². The number of benzene rings is 1. The van der Waals surface area contributed by atoms with Gasteiger partial charge in [0, 0.05) is 17.9 Å². The van der Waals surface area contributed by atoms with E-state index in [9.17, 15) is 4.79 Å². The van der Waals surface area contributed by atoms with E-state index in [1.165, 1.54) is 12.0 Å². The van der Waals surface area contributed by atoms with Gasteiger partial charge in [-0.3, -0.25) is 4.79 Å². The standard InChI is InChI=1S/C21H32O3/c1-3-5-6-15-21(22)24-20-14-10-8-12-18(20)17-11-7-9-13-19(17)23-16-4-2/h7,9,11,13,18,20H,3-6,8,10,12,14-16H2,1-2H3/t18-,20+/m1/s1. The molecule has 24 heavy (non-hydrogen) atoms. The van der Waals surface area contributed by atoms with Crippen LogP contribution in [0.2, 0.25) is 0 Å². The Morgan fingerprint density at radius 2 is 1.88 bits per heavy atom. The summed E-state index contributed by atoms with van der Waals surface area (Å²) >= 11 is 0. The van der Waals surface area contributed by atoms with Crippen molar-refractivity contribution >= 4 is 5.97 Å². The van der Waals surface area contributed by atoms with Crippen molar-refractivity contribution in [3.05, 3.63) is 29.8 Å². The summed E-state index contributed by atoms with van der Waals surface area (Å²) in [5.41, 5.74) is 1.21. The molecule has 0 aliphatic heterocycles. The zero-order chi connectivity index (χ0) is 17.2. The molecule has 1 aliphatic carbocycles. The van der Waals surface area contributed by atoms with Crippen molar-refractivity contribution in [2.75, 3.05) is 6.61 Å². The van der Waals surface area contributed by atoms with Crippen LogP contribution in [-0.4, -0.2) is 18.7 Å². The number of carbonyl (C=O) groups is 1. The summed E-state index contributed by atoms with van der Waals surface area (Å²) in [4.78, 5) is 12.2. The first-order chi connectivity index (χ1) is 11.8. The molecule has 0 radical (unpaired) electrons. The minimum absolute atomic E-state index is 0.000692. The Bertz CT molecular complexity index is 498. The maximum Gasteiger partial charge on any atom is 0.306 e. The van der Waals surface area contributed by atoms with Gasteiger partial charge in [-0.2, -0.15) is 0 Å². The zero-order valence-electron chi connectivity index (χ0n) is 15.3. The second kappa shape index (κ2) is 10.4. The lowest BCUT2D eigenvalue weighted by molar-refractivity contribution is -0.151. The highest BCUT2D eigenvalue weighted by Gasteiger charge is 2.31. The van der Waals surface area contributed by atoms with Crippen LogP contribution in [0.1, 0.15) is 83.1 Å². The van der Waals surface area contributed by atoms with Crippen LogP contribution in [0.3, 0.4) is 0 Å². The summed E-state index contributed by atoms with van der Waals surface area (Å²) in [6, 6.07) is 8.25. The Hall–Kier alpha value is -1.51. The van der Waals surface area contributed by atoms with E-state index in [1.807, 2.05) is 12.1 Å². The number of carbonyl (C=O) groups excluding carboxylic acids is 1. The monoisotopic (exact) mass is 332 g/mol. The van der Waals surface area contributed by atoms with Crippen LogP contribution >= 0.6 is 0 Å². The fourth-order valence-corrected chi connectivity index (χ4v) is 3.47. The maximum absolute atomic E-state index is 12.2. The molecule has 0 saturated heterocycles. The first-order valence-electron chi connectivity index (χ1n) is 9.67. The first-order valence-corrected chi connectivity index (χ1v) is 9.67. The van der Waals surface area contributed by atoms with Gasteiger partial charge < -0.3 is 9.47 Å². The second-order valence-electron chi connectivity index (χ2n) is 6.76.